The van der Waals surface area contributed by atoms with E-state index in [-0.39, 0.29) is 11.8 Å². The molecule has 5 heteroatoms. The van der Waals surface area contributed by atoms with Gasteiger partial charge in [0, 0.05) is 19.1 Å². The number of hydrogen-bond donors (Lipinski definition) is 1. The fraction of sp³-hybridized carbons (Fsp3) is 0.857. The second-order valence-corrected chi connectivity index (χ2v) is 5.70. The molecule has 1 N–H and O–H groups in total. The highest BCUT2D eigenvalue weighted by Gasteiger charge is 2.31. The number of hydrogen-bond acceptors (Lipinski definition) is 3. The highest BCUT2D eigenvalue weighted by Crippen LogP contribution is 2.21. The number of rotatable bonds is 4. The maximum Gasteiger partial charge on any atom is 0.307 e. The summed E-state index contributed by atoms with van der Waals surface area (Å²) in [6.07, 6.45) is 5.11. The molecular weight excluding hydrogens is 244 g/mol. The molecule has 2 fully saturated rings. The van der Waals surface area contributed by atoms with Gasteiger partial charge in [0.05, 0.1) is 12.5 Å². The molecule has 2 rings (SSSR count). The van der Waals surface area contributed by atoms with E-state index in [9.17, 15) is 9.59 Å². The summed E-state index contributed by atoms with van der Waals surface area (Å²) in [5.74, 6) is -0.854. The first kappa shape index (κ1) is 14.3. The number of likely N-dealkylation sites (tertiary alicyclic amines) is 2. The number of piperidine rings is 1. The highest BCUT2D eigenvalue weighted by atomic mass is 16.4. The maximum absolute atomic E-state index is 12.3. The molecule has 2 aliphatic rings. The first-order valence-corrected chi connectivity index (χ1v) is 7.36. The molecule has 0 spiro atoms. The zero-order valence-electron chi connectivity index (χ0n) is 11.7. The van der Waals surface area contributed by atoms with Crippen molar-refractivity contribution in [3.05, 3.63) is 0 Å². The zero-order chi connectivity index (χ0) is 13.8. The van der Waals surface area contributed by atoms with Crippen LogP contribution in [0.2, 0.25) is 0 Å². The largest absolute Gasteiger partial charge is 0.481 e. The third-order valence-corrected chi connectivity index (χ3v) is 4.40. The van der Waals surface area contributed by atoms with Crippen LogP contribution in [0.1, 0.15) is 39.0 Å². The lowest BCUT2D eigenvalue weighted by Gasteiger charge is -2.36. The van der Waals surface area contributed by atoms with E-state index in [1.807, 2.05) is 9.80 Å². The van der Waals surface area contributed by atoms with E-state index in [1.54, 1.807) is 0 Å². The SMILES string of the molecule is CCC1CCCCN1C(=O)CN1CCC(C(=O)O)C1. The Morgan fingerprint density at radius 1 is 1.21 bits per heavy atom. The summed E-state index contributed by atoms with van der Waals surface area (Å²) in [7, 11) is 0. The summed E-state index contributed by atoms with van der Waals surface area (Å²) in [6, 6.07) is 0.388. The highest BCUT2D eigenvalue weighted by molar-refractivity contribution is 5.79. The van der Waals surface area contributed by atoms with E-state index in [4.69, 9.17) is 5.11 Å². The fourth-order valence-corrected chi connectivity index (χ4v) is 3.21. The minimum Gasteiger partial charge on any atom is -0.481 e. The molecule has 0 aromatic carbocycles. The van der Waals surface area contributed by atoms with Gasteiger partial charge >= 0.3 is 5.97 Å². The van der Waals surface area contributed by atoms with Crippen LogP contribution in [0.3, 0.4) is 0 Å². The molecule has 2 saturated heterocycles. The first-order valence-electron chi connectivity index (χ1n) is 7.36. The van der Waals surface area contributed by atoms with Gasteiger partial charge in [0.1, 0.15) is 0 Å². The van der Waals surface area contributed by atoms with Gasteiger partial charge in [0.15, 0.2) is 0 Å². The minimum absolute atomic E-state index is 0.178. The van der Waals surface area contributed by atoms with E-state index in [0.717, 1.165) is 32.4 Å². The molecule has 0 aliphatic carbocycles. The van der Waals surface area contributed by atoms with Crippen molar-refractivity contribution in [3.8, 4) is 0 Å². The van der Waals surface area contributed by atoms with Gasteiger partial charge in [-0.15, -0.1) is 0 Å². The summed E-state index contributed by atoms with van der Waals surface area (Å²) in [4.78, 5) is 27.2. The van der Waals surface area contributed by atoms with Crippen LogP contribution in [0, 0.1) is 5.92 Å². The van der Waals surface area contributed by atoms with Crippen LogP contribution in [0.4, 0.5) is 0 Å². The van der Waals surface area contributed by atoms with E-state index in [0.29, 0.717) is 25.6 Å². The Kier molecular flexibility index (Phi) is 4.80. The Balaban J connectivity index is 1.85. The van der Waals surface area contributed by atoms with Gasteiger partial charge in [-0.2, -0.15) is 0 Å². The molecule has 5 nitrogen and oxygen atoms in total. The Labute approximate surface area is 114 Å². The van der Waals surface area contributed by atoms with Crippen molar-refractivity contribution in [3.63, 3.8) is 0 Å². The molecule has 2 aliphatic heterocycles. The van der Waals surface area contributed by atoms with Gasteiger partial charge in [-0.1, -0.05) is 6.92 Å². The molecule has 2 heterocycles. The summed E-state index contributed by atoms with van der Waals surface area (Å²) in [5.41, 5.74) is 0. The predicted octanol–water partition coefficient (Wildman–Crippen LogP) is 1.18. The summed E-state index contributed by atoms with van der Waals surface area (Å²) >= 11 is 0. The van der Waals surface area contributed by atoms with Gasteiger partial charge in [-0.25, -0.2) is 0 Å². The van der Waals surface area contributed by atoms with Crippen LogP contribution < -0.4 is 0 Å². The number of nitrogens with zero attached hydrogens (tertiary/aromatic N) is 2. The molecule has 0 aromatic heterocycles. The van der Waals surface area contributed by atoms with Crippen molar-refractivity contribution < 1.29 is 14.7 Å². The van der Waals surface area contributed by atoms with Crippen molar-refractivity contribution in [1.82, 2.24) is 9.80 Å². The number of carboxylic acids is 1. The van der Waals surface area contributed by atoms with Gasteiger partial charge in [-0.05, 0) is 38.6 Å². The Bertz CT molecular complexity index is 346. The summed E-state index contributed by atoms with van der Waals surface area (Å²) in [6.45, 7) is 4.64. The summed E-state index contributed by atoms with van der Waals surface area (Å²) in [5, 5.41) is 8.97. The van der Waals surface area contributed by atoms with Crippen LogP contribution in [0.25, 0.3) is 0 Å². The molecule has 1 amide bonds. The molecular formula is C14H24N2O3. The topological polar surface area (TPSA) is 60.9 Å². The lowest BCUT2D eigenvalue weighted by molar-refractivity contribution is -0.142. The Morgan fingerprint density at radius 2 is 2.00 bits per heavy atom. The van der Waals surface area contributed by atoms with E-state index < -0.39 is 5.97 Å². The van der Waals surface area contributed by atoms with Crippen molar-refractivity contribution in [1.29, 1.82) is 0 Å². The lowest BCUT2D eigenvalue weighted by atomic mass is 10.00. The van der Waals surface area contributed by atoms with Crippen LogP contribution in [-0.4, -0.2) is 59.0 Å². The molecule has 2 unspecified atom stereocenters. The number of aliphatic carboxylic acids is 1. The molecule has 19 heavy (non-hydrogen) atoms. The van der Waals surface area contributed by atoms with Crippen LogP contribution >= 0.6 is 0 Å². The number of amides is 1. The Morgan fingerprint density at radius 3 is 2.63 bits per heavy atom. The number of carboxylic acid groups (broad SMARTS) is 1. The zero-order valence-corrected chi connectivity index (χ0v) is 11.7. The number of carbonyl (C=O) groups is 2. The van der Waals surface area contributed by atoms with Gasteiger partial charge < -0.3 is 10.0 Å². The fourth-order valence-electron chi connectivity index (χ4n) is 3.21. The average molecular weight is 268 g/mol. The van der Waals surface area contributed by atoms with E-state index in [2.05, 4.69) is 6.92 Å². The van der Waals surface area contributed by atoms with Crippen molar-refractivity contribution in [2.24, 2.45) is 5.92 Å². The molecule has 0 aromatic rings. The third-order valence-electron chi connectivity index (χ3n) is 4.40. The Hall–Kier alpha value is -1.10. The second-order valence-electron chi connectivity index (χ2n) is 5.70. The van der Waals surface area contributed by atoms with Crippen molar-refractivity contribution in [2.75, 3.05) is 26.2 Å². The van der Waals surface area contributed by atoms with Crippen LogP contribution in [0.5, 0.6) is 0 Å². The van der Waals surface area contributed by atoms with Crippen LogP contribution in [-0.2, 0) is 9.59 Å². The normalized spacial score (nSPS) is 28.6. The second kappa shape index (κ2) is 6.37. The quantitative estimate of drug-likeness (QED) is 0.832. The van der Waals surface area contributed by atoms with Gasteiger partial charge in [0.25, 0.3) is 0 Å². The van der Waals surface area contributed by atoms with Crippen LogP contribution in [0.15, 0.2) is 0 Å². The standard InChI is InChI=1S/C14H24N2O3/c1-2-12-5-3-4-7-16(12)13(17)10-15-8-6-11(9-15)14(18)19/h11-12H,2-10H2,1H3,(H,18,19). The molecule has 0 bridgehead atoms. The minimum atomic E-state index is -0.737. The first-order chi connectivity index (χ1) is 9.11. The van der Waals surface area contributed by atoms with Gasteiger partial charge in [-0.3, -0.25) is 14.5 Å². The summed E-state index contributed by atoms with van der Waals surface area (Å²) < 4.78 is 0. The number of carbonyl (C=O) groups excluding carboxylic acids is 1. The molecule has 0 radical (unpaired) electrons. The molecule has 0 saturated carbocycles. The maximum atomic E-state index is 12.3. The van der Waals surface area contributed by atoms with Crippen molar-refractivity contribution >= 4 is 11.9 Å². The molecule has 2 atom stereocenters. The predicted molar refractivity (Wildman–Crippen MR) is 71.8 cm³/mol. The monoisotopic (exact) mass is 268 g/mol. The van der Waals surface area contributed by atoms with Gasteiger partial charge in [0.2, 0.25) is 5.91 Å². The molecule has 108 valence electrons. The third kappa shape index (κ3) is 3.47. The lowest BCUT2D eigenvalue weighted by Crippen LogP contribution is -2.47. The van der Waals surface area contributed by atoms with E-state index in [1.165, 1.54) is 6.42 Å². The van der Waals surface area contributed by atoms with E-state index >= 15 is 0 Å². The van der Waals surface area contributed by atoms with Crippen molar-refractivity contribution in [2.45, 2.75) is 45.1 Å². The average Bonchev–Trinajstić information content (AvgIpc) is 2.87. The smallest absolute Gasteiger partial charge is 0.307 e.